The van der Waals surface area contributed by atoms with E-state index in [-0.39, 0.29) is 0 Å². The van der Waals surface area contributed by atoms with Crippen LogP contribution in [0.4, 0.5) is 0 Å². The van der Waals surface area contributed by atoms with Gasteiger partial charge in [0.15, 0.2) is 0 Å². The van der Waals surface area contributed by atoms with Gasteiger partial charge in [-0.15, -0.1) is 0 Å². The molecule has 0 radical (unpaired) electrons. The molecule has 90 valence electrons. The van der Waals surface area contributed by atoms with E-state index in [0.717, 1.165) is 13.0 Å². The minimum Gasteiger partial charge on any atom is -0.314 e. The summed E-state index contributed by atoms with van der Waals surface area (Å²) in [4.78, 5) is 4.17. The van der Waals surface area contributed by atoms with Crippen LogP contribution in [0, 0.1) is 11.8 Å². The van der Waals surface area contributed by atoms with Crippen molar-refractivity contribution in [2.45, 2.75) is 40.2 Å². The number of nitrogens with one attached hydrogen (secondary N) is 1. The van der Waals surface area contributed by atoms with Crippen molar-refractivity contribution in [3.63, 3.8) is 0 Å². The van der Waals surface area contributed by atoms with Gasteiger partial charge in [-0.3, -0.25) is 4.98 Å². The predicted octanol–water partition coefficient (Wildman–Crippen LogP) is 2.89. The summed E-state index contributed by atoms with van der Waals surface area (Å²) >= 11 is 0. The fourth-order valence-electron chi connectivity index (χ4n) is 1.75. The Hall–Kier alpha value is -0.890. The van der Waals surface area contributed by atoms with Gasteiger partial charge in [-0.25, -0.2) is 0 Å². The Kier molecular flexibility index (Phi) is 5.47. The molecule has 1 atom stereocenters. The molecule has 1 aromatic heterocycles. The Labute approximate surface area is 99.5 Å². The lowest BCUT2D eigenvalue weighted by atomic mass is 9.89. The van der Waals surface area contributed by atoms with E-state index in [1.807, 2.05) is 18.5 Å². The van der Waals surface area contributed by atoms with Gasteiger partial charge in [-0.05, 0) is 36.4 Å². The molecular formula is C14H24N2. The molecule has 1 N–H and O–H groups in total. The molecule has 0 spiro atoms. The molecule has 16 heavy (non-hydrogen) atoms. The molecule has 1 unspecified atom stereocenters. The molecule has 2 heteroatoms. The molecule has 0 aromatic carbocycles. The van der Waals surface area contributed by atoms with Crippen LogP contribution in [0.3, 0.4) is 0 Å². The van der Waals surface area contributed by atoms with E-state index in [4.69, 9.17) is 0 Å². The van der Waals surface area contributed by atoms with Crippen molar-refractivity contribution < 1.29 is 0 Å². The van der Waals surface area contributed by atoms with Crippen LogP contribution in [0.2, 0.25) is 0 Å². The first-order valence-electron chi connectivity index (χ1n) is 6.22. The topological polar surface area (TPSA) is 24.9 Å². The Bertz CT molecular complexity index is 280. The van der Waals surface area contributed by atoms with Crippen molar-refractivity contribution in [1.82, 2.24) is 10.3 Å². The number of rotatable bonds is 6. The van der Waals surface area contributed by atoms with Crippen molar-refractivity contribution in [2.24, 2.45) is 11.8 Å². The van der Waals surface area contributed by atoms with Crippen LogP contribution in [0.1, 0.15) is 33.3 Å². The second kappa shape index (κ2) is 6.64. The van der Waals surface area contributed by atoms with Gasteiger partial charge in [-0.2, -0.15) is 0 Å². The second-order valence-corrected chi connectivity index (χ2v) is 5.13. The monoisotopic (exact) mass is 220 g/mol. The Morgan fingerprint density at radius 3 is 2.50 bits per heavy atom. The number of pyridine rings is 1. The molecule has 2 nitrogen and oxygen atoms in total. The van der Waals surface area contributed by atoms with Crippen LogP contribution in [0.5, 0.6) is 0 Å². The zero-order chi connectivity index (χ0) is 12.0. The summed E-state index contributed by atoms with van der Waals surface area (Å²) in [6, 6.07) is 4.75. The van der Waals surface area contributed by atoms with E-state index in [1.165, 1.54) is 5.56 Å². The van der Waals surface area contributed by atoms with E-state index < -0.39 is 0 Å². The van der Waals surface area contributed by atoms with Gasteiger partial charge < -0.3 is 5.32 Å². The largest absolute Gasteiger partial charge is 0.314 e. The lowest BCUT2D eigenvalue weighted by Gasteiger charge is -2.22. The van der Waals surface area contributed by atoms with E-state index in [9.17, 15) is 0 Å². The smallest absolute Gasteiger partial charge is 0.0299 e. The lowest BCUT2D eigenvalue weighted by molar-refractivity contribution is 0.349. The molecule has 1 aromatic rings. The van der Waals surface area contributed by atoms with E-state index in [1.54, 1.807) is 0 Å². The highest BCUT2D eigenvalue weighted by Crippen LogP contribution is 2.16. The van der Waals surface area contributed by atoms with Crippen molar-refractivity contribution in [2.75, 3.05) is 6.54 Å². The zero-order valence-corrected chi connectivity index (χ0v) is 10.9. The molecule has 0 saturated carbocycles. The van der Waals surface area contributed by atoms with E-state index >= 15 is 0 Å². The minimum atomic E-state index is 0.565. The molecule has 0 amide bonds. The maximum Gasteiger partial charge on any atom is 0.0299 e. The van der Waals surface area contributed by atoms with Gasteiger partial charge in [0, 0.05) is 18.4 Å². The van der Waals surface area contributed by atoms with E-state index in [2.05, 4.69) is 44.1 Å². The zero-order valence-electron chi connectivity index (χ0n) is 10.9. The summed E-state index contributed by atoms with van der Waals surface area (Å²) in [6.07, 6.45) is 4.93. The number of hydrogen-bond acceptors (Lipinski definition) is 2. The van der Waals surface area contributed by atoms with Gasteiger partial charge in [0.1, 0.15) is 0 Å². The quantitative estimate of drug-likeness (QED) is 0.797. The summed E-state index contributed by atoms with van der Waals surface area (Å²) in [7, 11) is 0. The first-order chi connectivity index (χ1) is 7.59. The van der Waals surface area contributed by atoms with Crippen LogP contribution < -0.4 is 5.32 Å². The van der Waals surface area contributed by atoms with Gasteiger partial charge in [0.05, 0.1) is 0 Å². The molecule has 0 aliphatic carbocycles. The van der Waals surface area contributed by atoms with Gasteiger partial charge >= 0.3 is 0 Å². The second-order valence-electron chi connectivity index (χ2n) is 5.13. The lowest BCUT2D eigenvalue weighted by Crippen LogP contribution is -2.32. The molecule has 1 rings (SSSR count). The summed E-state index contributed by atoms with van der Waals surface area (Å²) in [5.74, 6) is 1.39. The predicted molar refractivity (Wildman–Crippen MR) is 69.4 cm³/mol. The third-order valence-corrected chi connectivity index (χ3v) is 2.95. The third-order valence-electron chi connectivity index (χ3n) is 2.95. The van der Waals surface area contributed by atoms with Crippen LogP contribution in [0.15, 0.2) is 24.5 Å². The van der Waals surface area contributed by atoms with Gasteiger partial charge in [0.25, 0.3) is 0 Å². The molecule has 0 aliphatic rings. The highest BCUT2D eigenvalue weighted by Gasteiger charge is 2.14. The Morgan fingerprint density at radius 1 is 1.25 bits per heavy atom. The first-order valence-corrected chi connectivity index (χ1v) is 6.22. The van der Waals surface area contributed by atoms with Crippen LogP contribution >= 0.6 is 0 Å². The Morgan fingerprint density at radius 2 is 2.00 bits per heavy atom. The maximum atomic E-state index is 4.17. The van der Waals surface area contributed by atoms with Crippen molar-refractivity contribution in [3.05, 3.63) is 30.1 Å². The molecule has 0 fully saturated rings. The average Bonchev–Trinajstić information content (AvgIpc) is 2.25. The molecule has 0 saturated heterocycles. The summed E-state index contributed by atoms with van der Waals surface area (Å²) in [5.41, 5.74) is 1.34. The fraction of sp³-hybridized carbons (Fsp3) is 0.643. The van der Waals surface area contributed by atoms with Crippen LogP contribution in [0.25, 0.3) is 0 Å². The van der Waals surface area contributed by atoms with Crippen LogP contribution in [-0.2, 0) is 6.42 Å². The summed E-state index contributed by atoms with van der Waals surface area (Å²) < 4.78 is 0. The van der Waals surface area contributed by atoms with Crippen molar-refractivity contribution >= 4 is 0 Å². The summed E-state index contributed by atoms with van der Waals surface area (Å²) in [6.45, 7) is 10.1. The van der Waals surface area contributed by atoms with Crippen LogP contribution in [-0.4, -0.2) is 17.6 Å². The van der Waals surface area contributed by atoms with E-state index in [0.29, 0.717) is 17.9 Å². The molecule has 0 bridgehead atoms. The van der Waals surface area contributed by atoms with Crippen molar-refractivity contribution in [1.29, 1.82) is 0 Å². The SMILES string of the molecule is CC(C)NCC(Cc1cccnc1)C(C)C. The summed E-state index contributed by atoms with van der Waals surface area (Å²) in [5, 5.41) is 3.53. The number of nitrogens with zero attached hydrogens (tertiary/aromatic N) is 1. The average molecular weight is 220 g/mol. The molecule has 0 aliphatic heterocycles. The maximum absolute atomic E-state index is 4.17. The normalized spacial score (nSPS) is 13.4. The minimum absolute atomic E-state index is 0.565. The first kappa shape index (κ1) is 13.2. The van der Waals surface area contributed by atoms with Gasteiger partial charge in [-0.1, -0.05) is 33.8 Å². The molecule has 1 heterocycles. The van der Waals surface area contributed by atoms with Crippen molar-refractivity contribution in [3.8, 4) is 0 Å². The highest BCUT2D eigenvalue weighted by atomic mass is 14.9. The van der Waals surface area contributed by atoms with Gasteiger partial charge in [0.2, 0.25) is 0 Å². The third kappa shape index (κ3) is 4.75. The standard InChI is InChI=1S/C14H24N2/c1-11(2)14(10-16-12(3)4)8-13-6-5-7-15-9-13/h5-7,9,11-12,14,16H,8,10H2,1-4H3. The highest BCUT2D eigenvalue weighted by molar-refractivity contribution is 5.09. The fourth-order valence-corrected chi connectivity index (χ4v) is 1.75. The molecular weight excluding hydrogens is 196 g/mol. The number of aromatic nitrogens is 1. The Balaban J connectivity index is 2.51. The number of hydrogen-bond donors (Lipinski definition) is 1.